The van der Waals surface area contributed by atoms with Gasteiger partial charge in [-0.3, -0.25) is 19.2 Å². The van der Waals surface area contributed by atoms with Crippen LogP contribution >= 0.6 is 11.8 Å². The van der Waals surface area contributed by atoms with Gasteiger partial charge in [-0.25, -0.2) is 4.79 Å². The van der Waals surface area contributed by atoms with Crippen LogP contribution in [0.3, 0.4) is 0 Å². The van der Waals surface area contributed by atoms with Gasteiger partial charge in [0.2, 0.25) is 5.79 Å². The zero-order valence-corrected chi connectivity index (χ0v) is 43.8. The van der Waals surface area contributed by atoms with Crippen molar-refractivity contribution in [1.29, 1.82) is 0 Å². The van der Waals surface area contributed by atoms with Gasteiger partial charge in [-0.05, 0) is 120 Å². The molecule has 0 spiro atoms. The molecule has 70 heavy (non-hydrogen) atoms. The lowest BCUT2D eigenvalue weighted by Gasteiger charge is -2.43. The van der Waals surface area contributed by atoms with Gasteiger partial charge in [0.25, 0.3) is 11.7 Å². The number of thioether (sulfide) groups is 1. The number of fused-ring (bicyclic) bond motifs is 3. The van der Waals surface area contributed by atoms with Gasteiger partial charge in [0.15, 0.2) is 11.6 Å². The molecular formula is C56H81NO12S. The Morgan fingerprint density at radius 1 is 0.871 bits per heavy atom. The number of Topliss-reactive ketones (excluding diaryl/α,β-unsaturated/α-hetero) is 3. The highest BCUT2D eigenvalue weighted by Gasteiger charge is 2.53. The summed E-state index contributed by atoms with van der Waals surface area (Å²) in [6.07, 6.45) is 12.2. The SMILES string of the molecule is COC1CC(C[C@@H](C)[C@@H]2CC(=O)C(C)=CC(C)[C@@H](O)[C@@H](OC)C(=O)C(C)C[C@H](C)C=CC=CC=C(C)[C@H](Sc3ccccc3)CC3CC[C@@H](C)C(O)(O3)C(=O)C(=O)N3CCCCC3C(=O)O2)CC[C@H]1O. The summed E-state index contributed by atoms with van der Waals surface area (Å²) >= 11 is 1.65. The number of nitrogens with zero attached hydrogens (tertiary/aromatic N) is 1. The van der Waals surface area contributed by atoms with Crippen molar-refractivity contribution in [1.82, 2.24) is 4.90 Å². The molecule has 1 amide bonds. The molecule has 3 aliphatic heterocycles. The lowest BCUT2D eigenvalue weighted by atomic mass is 9.78. The summed E-state index contributed by atoms with van der Waals surface area (Å²) < 4.78 is 23.9. The van der Waals surface area contributed by atoms with Gasteiger partial charge in [-0.2, -0.15) is 0 Å². The van der Waals surface area contributed by atoms with Crippen LogP contribution in [-0.4, -0.2) is 124 Å². The Morgan fingerprint density at radius 2 is 1.60 bits per heavy atom. The van der Waals surface area contributed by atoms with Crippen LogP contribution in [0.15, 0.2) is 82.8 Å². The van der Waals surface area contributed by atoms with Gasteiger partial charge in [0, 0.05) is 55.1 Å². The molecule has 4 aliphatic rings. The van der Waals surface area contributed by atoms with E-state index in [2.05, 4.69) is 0 Å². The number of aliphatic hydroxyl groups excluding tert-OH is 2. The quantitative estimate of drug-likeness (QED) is 0.175. The molecule has 1 aromatic rings. The number of carbonyl (C=O) groups excluding carboxylic acids is 5. The largest absolute Gasteiger partial charge is 0.460 e. The molecule has 3 N–H and O–H groups in total. The zero-order valence-electron chi connectivity index (χ0n) is 43.0. The lowest BCUT2D eigenvalue weighted by molar-refractivity contribution is -0.263. The van der Waals surface area contributed by atoms with Gasteiger partial charge in [0.05, 0.1) is 24.4 Å². The molecule has 3 heterocycles. The summed E-state index contributed by atoms with van der Waals surface area (Å²) in [5, 5.41) is 34.1. The lowest BCUT2D eigenvalue weighted by Crippen LogP contribution is -2.60. The van der Waals surface area contributed by atoms with Crippen LogP contribution in [0.25, 0.3) is 0 Å². The van der Waals surface area contributed by atoms with Crippen molar-refractivity contribution in [2.45, 2.75) is 184 Å². The molecule has 0 aromatic heterocycles. The second-order valence-corrected chi connectivity index (χ2v) is 22.1. The predicted octanol–water partition coefficient (Wildman–Crippen LogP) is 8.33. The van der Waals surface area contributed by atoms with Crippen molar-refractivity contribution < 1.29 is 58.2 Å². The fourth-order valence-corrected chi connectivity index (χ4v) is 11.9. The van der Waals surface area contributed by atoms with Crippen LogP contribution in [-0.2, 0) is 42.9 Å². The monoisotopic (exact) mass is 992 g/mol. The number of amides is 1. The van der Waals surface area contributed by atoms with Gasteiger partial charge < -0.3 is 39.2 Å². The minimum absolute atomic E-state index is 0.0217. The first-order chi connectivity index (χ1) is 33.3. The van der Waals surface area contributed by atoms with Crippen LogP contribution in [0.4, 0.5) is 0 Å². The molecule has 7 unspecified atom stereocenters. The highest BCUT2D eigenvalue weighted by molar-refractivity contribution is 8.00. The second kappa shape index (κ2) is 26.8. The van der Waals surface area contributed by atoms with Crippen molar-refractivity contribution in [3.05, 3.63) is 77.9 Å². The minimum Gasteiger partial charge on any atom is -0.460 e. The summed E-state index contributed by atoms with van der Waals surface area (Å²) in [5.74, 6) is -7.88. The average molecular weight is 992 g/mol. The van der Waals surface area contributed by atoms with E-state index in [9.17, 15) is 39.3 Å². The normalized spacial score (nSPS) is 35.9. The molecule has 5 rings (SSSR count). The summed E-state index contributed by atoms with van der Waals surface area (Å²) in [5.41, 5.74) is 1.35. The van der Waals surface area contributed by atoms with Gasteiger partial charge in [-0.15, -0.1) is 11.8 Å². The molecule has 1 aliphatic carbocycles. The fourth-order valence-electron chi connectivity index (χ4n) is 10.7. The molecule has 2 bridgehead atoms. The summed E-state index contributed by atoms with van der Waals surface area (Å²) in [4.78, 5) is 73.6. The third-order valence-corrected chi connectivity index (χ3v) is 16.6. The van der Waals surface area contributed by atoms with Crippen molar-refractivity contribution in [2.75, 3.05) is 20.8 Å². The number of allylic oxidation sites excluding steroid dienone is 6. The van der Waals surface area contributed by atoms with E-state index in [1.54, 1.807) is 45.7 Å². The van der Waals surface area contributed by atoms with E-state index in [-0.39, 0.29) is 60.1 Å². The highest BCUT2D eigenvalue weighted by Crippen LogP contribution is 2.40. The van der Waals surface area contributed by atoms with E-state index >= 15 is 0 Å². The van der Waals surface area contributed by atoms with Gasteiger partial charge in [-0.1, -0.05) is 94.8 Å². The first-order valence-corrected chi connectivity index (χ1v) is 26.5. The van der Waals surface area contributed by atoms with Crippen molar-refractivity contribution in [3.63, 3.8) is 0 Å². The van der Waals surface area contributed by atoms with E-state index in [4.69, 9.17) is 18.9 Å². The van der Waals surface area contributed by atoms with Crippen LogP contribution in [0, 0.1) is 35.5 Å². The number of ether oxygens (including phenoxy) is 4. The third-order valence-electron chi connectivity index (χ3n) is 15.2. The molecule has 1 aromatic carbocycles. The summed E-state index contributed by atoms with van der Waals surface area (Å²) in [7, 11) is 2.96. The fraction of sp³-hybridized carbons (Fsp3) is 0.661. The summed E-state index contributed by atoms with van der Waals surface area (Å²) in [6.45, 7) is 12.9. The van der Waals surface area contributed by atoms with Crippen LogP contribution in [0.5, 0.6) is 0 Å². The molecule has 0 radical (unpaired) electrons. The number of aliphatic hydroxyl groups is 3. The maximum atomic E-state index is 14.5. The average Bonchev–Trinajstić information content (AvgIpc) is 3.34. The molecule has 1 saturated carbocycles. The number of hydrogen-bond acceptors (Lipinski definition) is 13. The zero-order chi connectivity index (χ0) is 51.3. The number of methoxy groups -OCH3 is 2. The van der Waals surface area contributed by atoms with Gasteiger partial charge in [0.1, 0.15) is 18.2 Å². The van der Waals surface area contributed by atoms with E-state index < -0.39 is 77.8 Å². The molecular weight excluding hydrogens is 911 g/mol. The van der Waals surface area contributed by atoms with E-state index in [1.807, 2.05) is 88.4 Å². The Kier molecular flexibility index (Phi) is 21.9. The second-order valence-electron chi connectivity index (χ2n) is 20.8. The number of hydrogen-bond donors (Lipinski definition) is 3. The number of carbonyl (C=O) groups is 5. The number of cyclic esters (lactones) is 1. The predicted molar refractivity (Wildman–Crippen MR) is 270 cm³/mol. The Balaban J connectivity index is 1.49. The maximum Gasteiger partial charge on any atom is 0.329 e. The van der Waals surface area contributed by atoms with Crippen molar-refractivity contribution >= 4 is 41.0 Å². The highest BCUT2D eigenvalue weighted by atomic mass is 32.2. The standard InChI is InChI=1S/C56H81NO12S/c1-34-18-12-10-13-19-35(2)49(70-43-20-14-11-15-21-43)32-42-25-23-40(7)56(65,69-42)53(62)54(63)57-27-17-16-22-44(57)55(64)68-47(37(4)30-41-24-26-45(58)48(31-41)66-8)33-46(59)36(3)29-39(6)51(61)52(67-9)50(60)38(5)28-34/h10-15,18-21,29,34,37-42,44-45,47-49,51-52,58,61,65H,16-17,22-28,30-33H2,1-9H3/t34-,37-,38?,39?,40-,41?,42?,44?,45-,47+,48?,49-,51-,52+,56?/m1/s1. The van der Waals surface area contributed by atoms with Crippen molar-refractivity contribution in [2.24, 2.45) is 35.5 Å². The Bertz CT molecular complexity index is 2050. The number of benzene rings is 1. The molecule has 3 fully saturated rings. The van der Waals surface area contributed by atoms with Gasteiger partial charge >= 0.3 is 5.97 Å². The third kappa shape index (κ3) is 15.1. The van der Waals surface area contributed by atoms with Crippen LogP contribution in [0.1, 0.15) is 126 Å². The van der Waals surface area contributed by atoms with E-state index in [1.165, 1.54) is 12.0 Å². The topological polar surface area (TPSA) is 186 Å². The molecule has 388 valence electrons. The number of piperidine rings is 1. The first-order valence-electron chi connectivity index (χ1n) is 25.6. The van der Waals surface area contributed by atoms with Crippen LogP contribution in [0.2, 0.25) is 0 Å². The van der Waals surface area contributed by atoms with Crippen LogP contribution < -0.4 is 0 Å². The molecule has 13 nitrogen and oxygen atoms in total. The number of ketones is 3. The van der Waals surface area contributed by atoms with E-state index in [0.29, 0.717) is 63.4 Å². The number of rotatable bonds is 7. The number of esters is 1. The first kappa shape index (κ1) is 57.1. The Morgan fingerprint density at radius 3 is 2.30 bits per heavy atom. The van der Waals surface area contributed by atoms with E-state index in [0.717, 1.165) is 16.9 Å². The summed E-state index contributed by atoms with van der Waals surface area (Å²) in [6, 6.07) is 8.81. The minimum atomic E-state index is -2.43. The molecule has 15 atom stereocenters. The smallest absolute Gasteiger partial charge is 0.329 e. The molecule has 14 heteroatoms. The van der Waals surface area contributed by atoms with Crippen molar-refractivity contribution in [3.8, 4) is 0 Å². The maximum absolute atomic E-state index is 14.5. The Labute approximate surface area is 420 Å². The Hall–Kier alpha value is -3.76. The molecule has 2 saturated heterocycles.